The fourth-order valence-electron chi connectivity index (χ4n) is 2.72. The molecule has 3 aromatic rings. The van der Waals surface area contributed by atoms with Gasteiger partial charge in [0.2, 0.25) is 0 Å². The molecule has 1 atom stereocenters. The minimum Gasteiger partial charge on any atom is -0.452 e. The van der Waals surface area contributed by atoms with Crippen LogP contribution in [0.5, 0.6) is 0 Å². The van der Waals surface area contributed by atoms with Crippen LogP contribution in [0.25, 0.3) is 5.69 Å². The molecule has 0 aliphatic carbocycles. The van der Waals surface area contributed by atoms with E-state index in [2.05, 4.69) is 27.5 Å². The van der Waals surface area contributed by atoms with E-state index in [0.29, 0.717) is 5.56 Å². The number of nitrogens with zero attached hydrogens (tertiary/aromatic N) is 3. The first kappa shape index (κ1) is 19.3. The largest absolute Gasteiger partial charge is 0.452 e. The molecule has 0 aliphatic heterocycles. The van der Waals surface area contributed by atoms with Gasteiger partial charge in [0.25, 0.3) is 5.91 Å². The van der Waals surface area contributed by atoms with Gasteiger partial charge in [-0.3, -0.25) is 4.79 Å². The maximum absolute atomic E-state index is 12.1. The third-order valence-corrected chi connectivity index (χ3v) is 4.24. The maximum Gasteiger partial charge on any atom is 0.338 e. The molecule has 0 saturated heterocycles. The molecule has 1 N–H and O–H groups in total. The topological polar surface area (TPSA) is 86.1 Å². The molecule has 2 aromatic carbocycles. The minimum atomic E-state index is -0.544. The molecular formula is C21H22N4O3. The van der Waals surface area contributed by atoms with E-state index in [-0.39, 0.29) is 18.6 Å². The van der Waals surface area contributed by atoms with E-state index in [4.69, 9.17) is 4.74 Å². The molecular weight excluding hydrogens is 356 g/mol. The van der Waals surface area contributed by atoms with Crippen LogP contribution in [0.15, 0.2) is 67.3 Å². The van der Waals surface area contributed by atoms with Crippen molar-refractivity contribution in [3.05, 3.63) is 78.4 Å². The van der Waals surface area contributed by atoms with Crippen LogP contribution in [0, 0.1) is 0 Å². The Morgan fingerprint density at radius 1 is 1.11 bits per heavy atom. The third kappa shape index (κ3) is 5.51. The SMILES string of the molecule is C[C@H](CCc1ccccc1)NC(=O)COC(=O)c1ccc(-n2cncn2)cc1. The number of amides is 1. The summed E-state index contributed by atoms with van der Waals surface area (Å²) in [6, 6.07) is 16.8. The van der Waals surface area contributed by atoms with E-state index in [9.17, 15) is 9.59 Å². The highest BCUT2D eigenvalue weighted by Gasteiger charge is 2.12. The molecule has 1 amide bonds. The Morgan fingerprint density at radius 3 is 2.54 bits per heavy atom. The van der Waals surface area contributed by atoms with E-state index in [1.807, 2.05) is 25.1 Å². The molecule has 0 spiro atoms. The molecule has 0 aliphatic rings. The molecule has 144 valence electrons. The summed E-state index contributed by atoms with van der Waals surface area (Å²) in [6.45, 7) is 1.63. The molecule has 7 nitrogen and oxygen atoms in total. The fraction of sp³-hybridized carbons (Fsp3) is 0.238. The summed E-state index contributed by atoms with van der Waals surface area (Å²) in [5.74, 6) is -0.856. The highest BCUT2D eigenvalue weighted by Crippen LogP contribution is 2.09. The summed E-state index contributed by atoms with van der Waals surface area (Å²) < 4.78 is 6.68. The summed E-state index contributed by atoms with van der Waals surface area (Å²) in [5, 5.41) is 6.87. The fourth-order valence-corrected chi connectivity index (χ4v) is 2.72. The molecule has 0 bridgehead atoms. The zero-order valence-electron chi connectivity index (χ0n) is 15.6. The van der Waals surface area contributed by atoms with Crippen molar-refractivity contribution in [3.63, 3.8) is 0 Å². The van der Waals surface area contributed by atoms with Crippen LogP contribution in [0.1, 0.15) is 29.3 Å². The van der Waals surface area contributed by atoms with Gasteiger partial charge in [0.1, 0.15) is 12.7 Å². The Hall–Kier alpha value is -3.48. The van der Waals surface area contributed by atoms with E-state index >= 15 is 0 Å². The van der Waals surface area contributed by atoms with Crippen LogP contribution >= 0.6 is 0 Å². The number of ether oxygens (including phenoxy) is 1. The van der Waals surface area contributed by atoms with Crippen molar-refractivity contribution in [1.29, 1.82) is 0 Å². The summed E-state index contributed by atoms with van der Waals surface area (Å²) in [4.78, 5) is 28.0. The van der Waals surface area contributed by atoms with Crippen molar-refractivity contribution < 1.29 is 14.3 Å². The van der Waals surface area contributed by atoms with Gasteiger partial charge in [0.15, 0.2) is 6.61 Å². The Balaban J connectivity index is 1.41. The maximum atomic E-state index is 12.1. The average molecular weight is 378 g/mol. The number of carbonyl (C=O) groups is 2. The van der Waals surface area contributed by atoms with E-state index < -0.39 is 5.97 Å². The number of benzene rings is 2. The number of hydrogen-bond acceptors (Lipinski definition) is 5. The quantitative estimate of drug-likeness (QED) is 0.609. The van der Waals surface area contributed by atoms with Crippen LogP contribution in [0.4, 0.5) is 0 Å². The average Bonchev–Trinajstić information content (AvgIpc) is 3.26. The number of esters is 1. The predicted molar refractivity (Wildman–Crippen MR) is 104 cm³/mol. The third-order valence-electron chi connectivity index (χ3n) is 4.24. The van der Waals surface area contributed by atoms with Crippen molar-refractivity contribution in [2.45, 2.75) is 25.8 Å². The van der Waals surface area contributed by atoms with Gasteiger partial charge < -0.3 is 10.1 Å². The first-order valence-corrected chi connectivity index (χ1v) is 9.07. The highest BCUT2D eigenvalue weighted by atomic mass is 16.5. The zero-order chi connectivity index (χ0) is 19.8. The first-order chi connectivity index (χ1) is 13.6. The Labute approximate surface area is 163 Å². The summed E-state index contributed by atoms with van der Waals surface area (Å²) in [6.07, 6.45) is 4.69. The summed E-state index contributed by atoms with van der Waals surface area (Å²) >= 11 is 0. The predicted octanol–water partition coefficient (Wildman–Crippen LogP) is 2.56. The lowest BCUT2D eigenvalue weighted by Gasteiger charge is -2.14. The van der Waals surface area contributed by atoms with E-state index in [1.165, 1.54) is 11.9 Å². The Kier molecular flexibility index (Phi) is 6.51. The van der Waals surface area contributed by atoms with Crippen LogP contribution < -0.4 is 5.32 Å². The lowest BCUT2D eigenvalue weighted by atomic mass is 10.1. The number of aromatic nitrogens is 3. The van der Waals surface area contributed by atoms with Crippen LogP contribution in [0.3, 0.4) is 0 Å². The highest BCUT2D eigenvalue weighted by molar-refractivity contribution is 5.91. The number of aryl methyl sites for hydroxylation is 1. The van der Waals surface area contributed by atoms with Gasteiger partial charge in [-0.05, 0) is 49.6 Å². The summed E-state index contributed by atoms with van der Waals surface area (Å²) in [7, 11) is 0. The van der Waals surface area contributed by atoms with Crippen LogP contribution in [-0.2, 0) is 16.0 Å². The van der Waals surface area contributed by atoms with Gasteiger partial charge in [-0.15, -0.1) is 0 Å². The second-order valence-corrected chi connectivity index (χ2v) is 6.46. The molecule has 28 heavy (non-hydrogen) atoms. The molecule has 0 fully saturated rings. The molecule has 0 radical (unpaired) electrons. The van der Waals surface area contributed by atoms with Gasteiger partial charge >= 0.3 is 5.97 Å². The van der Waals surface area contributed by atoms with Crippen molar-refractivity contribution in [3.8, 4) is 5.69 Å². The first-order valence-electron chi connectivity index (χ1n) is 9.07. The number of carbonyl (C=O) groups excluding carboxylic acids is 2. The minimum absolute atomic E-state index is 0.00614. The number of nitrogens with one attached hydrogen (secondary N) is 1. The normalized spacial score (nSPS) is 11.6. The van der Waals surface area contributed by atoms with Crippen molar-refractivity contribution in [2.24, 2.45) is 0 Å². The van der Waals surface area contributed by atoms with Gasteiger partial charge in [-0.25, -0.2) is 14.5 Å². The molecule has 3 rings (SSSR count). The van der Waals surface area contributed by atoms with Gasteiger partial charge in [-0.1, -0.05) is 30.3 Å². The second-order valence-electron chi connectivity index (χ2n) is 6.46. The summed E-state index contributed by atoms with van der Waals surface area (Å²) in [5.41, 5.74) is 2.37. The van der Waals surface area contributed by atoms with Gasteiger partial charge in [0.05, 0.1) is 11.3 Å². The van der Waals surface area contributed by atoms with Crippen molar-refractivity contribution >= 4 is 11.9 Å². The molecule has 0 unspecified atom stereocenters. The monoisotopic (exact) mass is 378 g/mol. The van der Waals surface area contributed by atoms with Gasteiger partial charge in [-0.2, -0.15) is 5.10 Å². The van der Waals surface area contributed by atoms with Crippen molar-refractivity contribution in [2.75, 3.05) is 6.61 Å². The van der Waals surface area contributed by atoms with Crippen LogP contribution in [-0.4, -0.2) is 39.3 Å². The zero-order valence-corrected chi connectivity index (χ0v) is 15.6. The second kappa shape index (κ2) is 9.45. The van der Waals surface area contributed by atoms with Gasteiger partial charge in [0, 0.05) is 6.04 Å². The standard InChI is InChI=1S/C21H22N4O3/c1-16(7-8-17-5-3-2-4-6-17)24-20(26)13-28-21(27)18-9-11-19(12-10-18)25-15-22-14-23-25/h2-6,9-12,14-16H,7-8,13H2,1H3,(H,24,26)/t16-/m1/s1. The van der Waals surface area contributed by atoms with E-state index in [0.717, 1.165) is 18.5 Å². The molecule has 1 aromatic heterocycles. The van der Waals surface area contributed by atoms with E-state index in [1.54, 1.807) is 35.3 Å². The molecule has 7 heteroatoms. The lowest BCUT2D eigenvalue weighted by molar-refractivity contribution is -0.124. The Bertz CT molecular complexity index is 893. The van der Waals surface area contributed by atoms with Crippen molar-refractivity contribution in [1.82, 2.24) is 20.1 Å². The lowest BCUT2D eigenvalue weighted by Crippen LogP contribution is -2.36. The smallest absolute Gasteiger partial charge is 0.338 e. The molecule has 0 saturated carbocycles. The number of rotatable bonds is 8. The molecule has 1 heterocycles. The Morgan fingerprint density at radius 2 is 1.86 bits per heavy atom. The number of hydrogen-bond donors (Lipinski definition) is 1. The van der Waals surface area contributed by atoms with Crippen LogP contribution in [0.2, 0.25) is 0 Å².